The number of hydrogen-bond donors (Lipinski definition) is 2. The third-order valence-electron chi connectivity index (χ3n) is 3.40. The van der Waals surface area contributed by atoms with E-state index in [1.54, 1.807) is 6.92 Å². The maximum absolute atomic E-state index is 12.4. The molecule has 1 aliphatic rings. The van der Waals surface area contributed by atoms with E-state index in [-0.39, 0.29) is 28.6 Å². The number of sulfonamides is 1. The Kier molecular flexibility index (Phi) is 3.94. The van der Waals surface area contributed by atoms with Crippen LogP contribution in [0.15, 0.2) is 23.1 Å². The molecular weight excluding hydrogens is 316 g/mol. The lowest BCUT2D eigenvalue weighted by atomic mass is 10.0. The summed E-state index contributed by atoms with van der Waals surface area (Å²) in [5.41, 5.74) is 4.98. The third kappa shape index (κ3) is 3.47. The van der Waals surface area contributed by atoms with Crippen molar-refractivity contribution in [1.29, 1.82) is 0 Å². The normalized spacial score (nSPS) is 24.9. The van der Waals surface area contributed by atoms with Gasteiger partial charge in [0.2, 0.25) is 10.0 Å². The average molecular weight is 334 g/mol. The van der Waals surface area contributed by atoms with E-state index in [1.807, 2.05) is 0 Å². The summed E-state index contributed by atoms with van der Waals surface area (Å²) >= 11 is 0. The SMILES string of the molecule is COc1cc(S(=O)(=O)NC2(C)CCS(=O)(=O)C2)ccc1N. The van der Waals surface area contributed by atoms with Gasteiger partial charge in [-0.25, -0.2) is 21.6 Å². The topological polar surface area (TPSA) is 116 Å². The Bertz CT molecular complexity index is 758. The summed E-state index contributed by atoms with van der Waals surface area (Å²) in [5.74, 6) is 0.0321. The molecule has 1 unspecified atom stereocenters. The number of nitrogens with one attached hydrogen (secondary N) is 1. The molecule has 0 amide bonds. The smallest absolute Gasteiger partial charge is 0.241 e. The van der Waals surface area contributed by atoms with Gasteiger partial charge in [0.25, 0.3) is 0 Å². The summed E-state index contributed by atoms with van der Waals surface area (Å²) in [6.07, 6.45) is 0.251. The van der Waals surface area contributed by atoms with Gasteiger partial charge in [-0.05, 0) is 25.5 Å². The van der Waals surface area contributed by atoms with Gasteiger partial charge in [0.05, 0.1) is 29.2 Å². The zero-order valence-corrected chi connectivity index (χ0v) is 13.4. The average Bonchev–Trinajstić information content (AvgIpc) is 2.62. The Morgan fingerprint density at radius 3 is 2.57 bits per heavy atom. The van der Waals surface area contributed by atoms with Crippen LogP contribution in [0.1, 0.15) is 13.3 Å². The molecule has 7 nitrogen and oxygen atoms in total. The summed E-state index contributed by atoms with van der Waals surface area (Å²) in [7, 11) is -5.66. The van der Waals surface area contributed by atoms with Gasteiger partial charge in [-0.1, -0.05) is 0 Å². The van der Waals surface area contributed by atoms with Crippen LogP contribution in [0, 0.1) is 0 Å². The monoisotopic (exact) mass is 334 g/mol. The Labute approximate surface area is 124 Å². The number of benzene rings is 1. The van der Waals surface area contributed by atoms with E-state index in [1.165, 1.54) is 25.3 Å². The van der Waals surface area contributed by atoms with Crippen LogP contribution in [0.3, 0.4) is 0 Å². The van der Waals surface area contributed by atoms with Gasteiger partial charge in [-0.15, -0.1) is 0 Å². The van der Waals surface area contributed by atoms with Crippen molar-refractivity contribution in [1.82, 2.24) is 4.72 Å². The summed E-state index contributed by atoms with van der Waals surface area (Å²) in [6, 6.07) is 4.10. The van der Waals surface area contributed by atoms with Gasteiger partial charge in [-0.3, -0.25) is 0 Å². The predicted molar refractivity (Wildman–Crippen MR) is 79.4 cm³/mol. The summed E-state index contributed by atoms with van der Waals surface area (Å²) in [5, 5.41) is 0. The van der Waals surface area contributed by atoms with Crippen LogP contribution in [0.5, 0.6) is 5.75 Å². The minimum atomic E-state index is -3.85. The number of hydrogen-bond acceptors (Lipinski definition) is 6. The lowest BCUT2D eigenvalue weighted by Crippen LogP contribution is -2.46. The maximum atomic E-state index is 12.4. The number of nitrogen functional groups attached to an aromatic ring is 1. The lowest BCUT2D eigenvalue weighted by molar-refractivity contribution is 0.415. The molecule has 118 valence electrons. The highest BCUT2D eigenvalue weighted by atomic mass is 32.2. The van der Waals surface area contributed by atoms with Crippen molar-refractivity contribution in [2.24, 2.45) is 0 Å². The first kappa shape index (κ1) is 16.1. The summed E-state index contributed by atoms with van der Waals surface area (Å²) in [4.78, 5) is -0.0147. The molecule has 1 aromatic carbocycles. The highest BCUT2D eigenvalue weighted by Gasteiger charge is 2.41. The molecule has 0 spiro atoms. The van der Waals surface area contributed by atoms with E-state index in [0.29, 0.717) is 5.69 Å². The highest BCUT2D eigenvalue weighted by Crippen LogP contribution is 2.28. The van der Waals surface area contributed by atoms with Crippen LogP contribution in [0.2, 0.25) is 0 Å². The third-order valence-corrected chi connectivity index (χ3v) is 6.94. The Balaban J connectivity index is 2.31. The van der Waals surface area contributed by atoms with Crippen LogP contribution in [-0.4, -0.2) is 41.0 Å². The molecule has 1 aromatic rings. The molecule has 0 radical (unpaired) electrons. The molecule has 0 aliphatic carbocycles. The molecule has 0 aromatic heterocycles. The summed E-state index contributed by atoms with van der Waals surface area (Å²) < 4.78 is 55.3. The second kappa shape index (κ2) is 5.15. The molecule has 21 heavy (non-hydrogen) atoms. The molecule has 9 heteroatoms. The molecule has 1 heterocycles. The van der Waals surface area contributed by atoms with Crippen molar-refractivity contribution in [2.45, 2.75) is 23.8 Å². The fourth-order valence-corrected chi connectivity index (χ4v) is 5.97. The molecule has 0 saturated carbocycles. The molecule has 1 fully saturated rings. The van der Waals surface area contributed by atoms with Crippen molar-refractivity contribution in [3.8, 4) is 5.75 Å². The van der Waals surface area contributed by atoms with Crippen molar-refractivity contribution in [2.75, 3.05) is 24.3 Å². The molecule has 3 N–H and O–H groups in total. The van der Waals surface area contributed by atoms with Crippen molar-refractivity contribution in [3.05, 3.63) is 18.2 Å². The lowest BCUT2D eigenvalue weighted by Gasteiger charge is -2.23. The zero-order chi connectivity index (χ0) is 15.9. The van der Waals surface area contributed by atoms with E-state index < -0.39 is 25.4 Å². The van der Waals surface area contributed by atoms with E-state index in [9.17, 15) is 16.8 Å². The Morgan fingerprint density at radius 1 is 1.38 bits per heavy atom. The largest absolute Gasteiger partial charge is 0.495 e. The van der Waals surface area contributed by atoms with E-state index in [0.717, 1.165) is 0 Å². The van der Waals surface area contributed by atoms with E-state index in [4.69, 9.17) is 10.5 Å². The van der Waals surface area contributed by atoms with Gasteiger partial charge in [0.1, 0.15) is 5.75 Å². The van der Waals surface area contributed by atoms with E-state index >= 15 is 0 Å². The number of ether oxygens (including phenoxy) is 1. The number of rotatable bonds is 4. The molecule has 1 saturated heterocycles. The number of sulfone groups is 1. The van der Waals surface area contributed by atoms with Gasteiger partial charge in [-0.2, -0.15) is 0 Å². The zero-order valence-electron chi connectivity index (χ0n) is 11.8. The second-order valence-corrected chi connectivity index (χ2v) is 9.28. The molecule has 2 rings (SSSR count). The standard InChI is InChI=1S/C12H18N2O5S2/c1-12(5-6-20(15,16)8-12)14-21(17,18)9-3-4-10(13)11(7-9)19-2/h3-4,7,14H,5-6,8,13H2,1-2H3. The molecule has 1 aliphatic heterocycles. The van der Waals surface area contributed by atoms with Crippen molar-refractivity contribution in [3.63, 3.8) is 0 Å². The molecule has 1 atom stereocenters. The minimum Gasteiger partial charge on any atom is -0.495 e. The minimum absolute atomic E-state index is 0.0147. The van der Waals surface area contributed by atoms with Crippen LogP contribution < -0.4 is 15.2 Å². The van der Waals surface area contributed by atoms with Crippen LogP contribution in [0.4, 0.5) is 5.69 Å². The van der Waals surface area contributed by atoms with Gasteiger partial charge >= 0.3 is 0 Å². The fraction of sp³-hybridized carbons (Fsp3) is 0.500. The first-order valence-corrected chi connectivity index (χ1v) is 9.55. The van der Waals surface area contributed by atoms with Gasteiger partial charge in [0.15, 0.2) is 9.84 Å². The Morgan fingerprint density at radius 2 is 2.05 bits per heavy atom. The van der Waals surface area contributed by atoms with Gasteiger partial charge < -0.3 is 10.5 Å². The Hall–Kier alpha value is -1.32. The molecular formula is C12H18N2O5S2. The first-order valence-electron chi connectivity index (χ1n) is 6.25. The van der Waals surface area contributed by atoms with Crippen molar-refractivity contribution < 1.29 is 21.6 Å². The number of methoxy groups -OCH3 is 1. The predicted octanol–water partition coefficient (Wildman–Crippen LogP) is 0.133. The maximum Gasteiger partial charge on any atom is 0.241 e. The quantitative estimate of drug-likeness (QED) is 0.756. The number of nitrogens with two attached hydrogens (primary N) is 1. The van der Waals surface area contributed by atoms with Crippen LogP contribution >= 0.6 is 0 Å². The highest BCUT2D eigenvalue weighted by molar-refractivity contribution is 7.92. The van der Waals surface area contributed by atoms with Crippen LogP contribution in [-0.2, 0) is 19.9 Å². The molecule has 0 bridgehead atoms. The summed E-state index contributed by atoms with van der Waals surface area (Å²) in [6.45, 7) is 1.59. The second-order valence-electron chi connectivity index (χ2n) is 5.41. The van der Waals surface area contributed by atoms with Crippen molar-refractivity contribution >= 4 is 25.5 Å². The number of anilines is 1. The fourth-order valence-electron chi connectivity index (χ4n) is 2.33. The van der Waals surface area contributed by atoms with E-state index in [2.05, 4.69) is 4.72 Å². The van der Waals surface area contributed by atoms with Crippen LogP contribution in [0.25, 0.3) is 0 Å². The van der Waals surface area contributed by atoms with Gasteiger partial charge in [0, 0.05) is 11.6 Å². The first-order chi connectivity index (χ1) is 9.57.